The molecule has 0 N–H and O–H groups in total. The summed E-state index contributed by atoms with van der Waals surface area (Å²) in [6, 6.07) is 7.34. The van der Waals surface area contributed by atoms with Crippen LogP contribution >= 0.6 is 15.9 Å². The second-order valence-corrected chi connectivity index (χ2v) is 4.69. The third-order valence-electron chi connectivity index (χ3n) is 2.30. The molecule has 0 saturated heterocycles. The van der Waals surface area contributed by atoms with E-state index < -0.39 is 0 Å². The normalized spacial score (nSPS) is 10.2. The van der Waals surface area contributed by atoms with Crippen molar-refractivity contribution in [3.63, 3.8) is 0 Å². The molecule has 2 aromatic heterocycles. The summed E-state index contributed by atoms with van der Waals surface area (Å²) < 4.78 is 0.875. The van der Waals surface area contributed by atoms with Gasteiger partial charge in [-0.1, -0.05) is 6.07 Å². The number of aryl methyl sites for hydroxylation is 1. The topological polar surface area (TPSA) is 42.9 Å². The van der Waals surface area contributed by atoms with Gasteiger partial charge >= 0.3 is 0 Å². The predicted molar refractivity (Wildman–Crippen MR) is 68.9 cm³/mol. The van der Waals surface area contributed by atoms with Crippen LogP contribution in [0.2, 0.25) is 0 Å². The molecule has 0 aliphatic heterocycles. The highest BCUT2D eigenvalue weighted by Gasteiger charge is 2.09. The van der Waals surface area contributed by atoms with Gasteiger partial charge in [0.25, 0.3) is 0 Å². The highest BCUT2D eigenvalue weighted by Crippen LogP contribution is 2.12. The van der Waals surface area contributed by atoms with Gasteiger partial charge in [-0.3, -0.25) is 14.8 Å². The quantitative estimate of drug-likeness (QED) is 0.816. The van der Waals surface area contributed by atoms with E-state index in [1.54, 1.807) is 18.5 Å². The second-order valence-electron chi connectivity index (χ2n) is 3.78. The van der Waals surface area contributed by atoms with Gasteiger partial charge in [0, 0.05) is 29.0 Å². The maximum Gasteiger partial charge on any atom is 0.185 e. The Morgan fingerprint density at radius 2 is 2.18 bits per heavy atom. The summed E-state index contributed by atoms with van der Waals surface area (Å²) in [6.07, 6.45) is 3.71. The zero-order valence-corrected chi connectivity index (χ0v) is 10.9. The summed E-state index contributed by atoms with van der Waals surface area (Å²) in [5.74, 6) is 0.00796. The fourth-order valence-corrected chi connectivity index (χ4v) is 1.94. The Hall–Kier alpha value is -1.55. The molecule has 0 amide bonds. The van der Waals surface area contributed by atoms with Crippen molar-refractivity contribution in [1.29, 1.82) is 0 Å². The van der Waals surface area contributed by atoms with Crippen molar-refractivity contribution in [2.45, 2.75) is 13.3 Å². The first-order valence-corrected chi connectivity index (χ1v) is 6.01. The number of halogens is 1. The van der Waals surface area contributed by atoms with E-state index in [1.807, 2.05) is 25.1 Å². The molecular weight excluding hydrogens is 280 g/mol. The van der Waals surface area contributed by atoms with E-state index in [1.165, 1.54) is 0 Å². The van der Waals surface area contributed by atoms with Crippen LogP contribution in [0.4, 0.5) is 0 Å². The van der Waals surface area contributed by atoms with Crippen molar-refractivity contribution in [2.75, 3.05) is 0 Å². The standard InChI is InChI=1S/C13H11BrN2O/c1-9-3-2-4-12(16-9)13(17)6-10-5-11(14)8-15-7-10/h2-5,7-8H,6H2,1H3. The van der Waals surface area contributed by atoms with Crippen LogP contribution in [0.5, 0.6) is 0 Å². The van der Waals surface area contributed by atoms with Crippen LogP contribution in [0, 0.1) is 6.92 Å². The minimum atomic E-state index is 0.00796. The van der Waals surface area contributed by atoms with E-state index in [-0.39, 0.29) is 5.78 Å². The fourth-order valence-electron chi connectivity index (χ4n) is 1.53. The number of nitrogens with zero attached hydrogens (tertiary/aromatic N) is 2. The predicted octanol–water partition coefficient (Wildman–Crippen LogP) is 2.97. The maximum atomic E-state index is 12.0. The number of ketones is 1. The van der Waals surface area contributed by atoms with Gasteiger partial charge in [-0.25, -0.2) is 0 Å². The van der Waals surface area contributed by atoms with Crippen LogP contribution in [-0.4, -0.2) is 15.8 Å². The Balaban J connectivity index is 2.17. The third-order valence-corrected chi connectivity index (χ3v) is 2.73. The number of aromatic nitrogens is 2. The molecule has 0 aliphatic carbocycles. The summed E-state index contributed by atoms with van der Waals surface area (Å²) in [5, 5.41) is 0. The van der Waals surface area contributed by atoms with E-state index in [9.17, 15) is 4.79 Å². The number of pyridine rings is 2. The van der Waals surface area contributed by atoms with Crippen LogP contribution in [0.15, 0.2) is 41.1 Å². The first-order valence-electron chi connectivity index (χ1n) is 5.21. The number of carbonyl (C=O) groups excluding carboxylic acids is 1. The van der Waals surface area contributed by atoms with Gasteiger partial charge in [-0.15, -0.1) is 0 Å². The van der Waals surface area contributed by atoms with Gasteiger partial charge < -0.3 is 0 Å². The molecule has 2 heterocycles. The van der Waals surface area contributed by atoms with Gasteiger partial charge in [0.1, 0.15) is 5.69 Å². The Labute approximate surface area is 108 Å². The molecule has 0 saturated carbocycles. The van der Waals surface area contributed by atoms with Gasteiger partial charge in [0.05, 0.1) is 0 Å². The van der Waals surface area contributed by atoms with Crippen LogP contribution < -0.4 is 0 Å². The summed E-state index contributed by atoms with van der Waals surface area (Å²) >= 11 is 3.33. The van der Waals surface area contributed by atoms with E-state index in [4.69, 9.17) is 0 Å². The van der Waals surface area contributed by atoms with Crippen molar-refractivity contribution in [2.24, 2.45) is 0 Å². The average molecular weight is 291 g/mol. The Morgan fingerprint density at radius 3 is 2.88 bits per heavy atom. The number of hydrogen-bond donors (Lipinski definition) is 0. The van der Waals surface area contributed by atoms with Gasteiger partial charge in [0.15, 0.2) is 5.78 Å². The van der Waals surface area contributed by atoms with E-state index in [0.717, 1.165) is 15.7 Å². The summed E-state index contributed by atoms with van der Waals surface area (Å²) in [6.45, 7) is 1.87. The average Bonchev–Trinajstić information content (AvgIpc) is 2.29. The van der Waals surface area contributed by atoms with E-state index in [0.29, 0.717) is 12.1 Å². The lowest BCUT2D eigenvalue weighted by Gasteiger charge is -2.02. The van der Waals surface area contributed by atoms with Crippen molar-refractivity contribution in [1.82, 2.24) is 9.97 Å². The zero-order chi connectivity index (χ0) is 12.3. The smallest absolute Gasteiger partial charge is 0.185 e. The molecule has 0 bridgehead atoms. The van der Waals surface area contributed by atoms with Gasteiger partial charge in [-0.05, 0) is 46.6 Å². The molecule has 2 rings (SSSR count). The number of rotatable bonds is 3. The number of carbonyl (C=O) groups is 1. The fraction of sp³-hybridized carbons (Fsp3) is 0.154. The first-order chi connectivity index (χ1) is 8.15. The minimum absolute atomic E-state index is 0.00796. The monoisotopic (exact) mass is 290 g/mol. The molecule has 0 atom stereocenters. The molecule has 3 nitrogen and oxygen atoms in total. The number of hydrogen-bond acceptors (Lipinski definition) is 3. The molecule has 0 aliphatic rings. The van der Waals surface area contributed by atoms with Crippen molar-refractivity contribution in [3.8, 4) is 0 Å². The van der Waals surface area contributed by atoms with Gasteiger partial charge in [-0.2, -0.15) is 0 Å². The van der Waals surface area contributed by atoms with Crippen LogP contribution in [0.3, 0.4) is 0 Å². The number of Topliss-reactive ketones (excluding diaryl/α,β-unsaturated/α-hetero) is 1. The zero-order valence-electron chi connectivity index (χ0n) is 9.35. The Morgan fingerprint density at radius 1 is 1.35 bits per heavy atom. The minimum Gasteiger partial charge on any atom is -0.292 e. The third kappa shape index (κ3) is 3.20. The lowest BCUT2D eigenvalue weighted by Crippen LogP contribution is -2.06. The highest BCUT2D eigenvalue weighted by atomic mass is 79.9. The SMILES string of the molecule is Cc1cccc(C(=O)Cc2cncc(Br)c2)n1. The van der Waals surface area contributed by atoms with Crippen LogP contribution in [-0.2, 0) is 6.42 Å². The van der Waals surface area contributed by atoms with E-state index >= 15 is 0 Å². The lowest BCUT2D eigenvalue weighted by atomic mass is 10.1. The van der Waals surface area contributed by atoms with Crippen molar-refractivity contribution >= 4 is 21.7 Å². The maximum absolute atomic E-state index is 12.0. The summed E-state index contributed by atoms with van der Waals surface area (Å²) in [5.41, 5.74) is 2.24. The van der Waals surface area contributed by atoms with E-state index in [2.05, 4.69) is 25.9 Å². The Bertz CT molecular complexity index is 555. The molecule has 0 aromatic carbocycles. The summed E-state index contributed by atoms with van der Waals surface area (Å²) in [4.78, 5) is 20.2. The van der Waals surface area contributed by atoms with Gasteiger partial charge in [0.2, 0.25) is 0 Å². The molecule has 0 spiro atoms. The first kappa shape index (κ1) is 11.9. The molecule has 2 aromatic rings. The van der Waals surface area contributed by atoms with Crippen molar-refractivity contribution < 1.29 is 4.79 Å². The lowest BCUT2D eigenvalue weighted by molar-refractivity contribution is 0.0988. The molecule has 86 valence electrons. The molecule has 17 heavy (non-hydrogen) atoms. The summed E-state index contributed by atoms with van der Waals surface area (Å²) in [7, 11) is 0. The van der Waals surface area contributed by atoms with Crippen LogP contribution in [0.25, 0.3) is 0 Å². The highest BCUT2D eigenvalue weighted by molar-refractivity contribution is 9.10. The Kier molecular flexibility index (Phi) is 3.64. The van der Waals surface area contributed by atoms with Crippen LogP contribution in [0.1, 0.15) is 21.7 Å². The molecular formula is C13H11BrN2O. The largest absolute Gasteiger partial charge is 0.292 e. The second kappa shape index (κ2) is 5.19. The molecule has 4 heteroatoms. The molecule has 0 radical (unpaired) electrons. The molecule has 0 unspecified atom stereocenters. The van der Waals surface area contributed by atoms with Crippen molar-refractivity contribution in [3.05, 3.63) is 58.1 Å². The molecule has 0 fully saturated rings.